The number of quaternary nitrogens is 1. The minimum atomic E-state index is -0.288. The number of nitrogens with one attached hydrogen (secondary N) is 2. The second-order valence-corrected chi connectivity index (χ2v) is 4.65. The lowest BCUT2D eigenvalue weighted by Gasteiger charge is -2.53. The molecule has 2 aliphatic heterocycles. The fourth-order valence-electron chi connectivity index (χ4n) is 2.57. The van der Waals surface area contributed by atoms with E-state index in [0.717, 1.165) is 37.4 Å². The van der Waals surface area contributed by atoms with Gasteiger partial charge in [-0.25, -0.2) is 9.76 Å². The van der Waals surface area contributed by atoms with Crippen LogP contribution in [0.4, 0.5) is 11.4 Å². The fourth-order valence-corrected chi connectivity index (χ4v) is 2.57. The zero-order valence-electron chi connectivity index (χ0n) is 9.85. The van der Waals surface area contributed by atoms with Gasteiger partial charge in [-0.2, -0.15) is 0 Å². The lowest BCUT2D eigenvalue weighted by atomic mass is 10.2. The van der Waals surface area contributed by atoms with Crippen molar-refractivity contribution in [2.24, 2.45) is 0 Å². The molecule has 0 bridgehead atoms. The Morgan fingerprint density at radius 1 is 1.24 bits per heavy atom. The summed E-state index contributed by atoms with van der Waals surface area (Å²) in [6, 6.07) is 8.06. The van der Waals surface area contributed by atoms with Crippen LogP contribution in [-0.2, 0) is 0 Å². The SMILES string of the molecule is [O-][N+]12CCNCCCN1c1ccccc1NC2. The van der Waals surface area contributed by atoms with Crippen molar-refractivity contribution in [3.05, 3.63) is 29.5 Å². The van der Waals surface area contributed by atoms with E-state index in [9.17, 15) is 5.21 Å². The molecule has 1 unspecified atom stereocenters. The minimum Gasteiger partial charge on any atom is -0.605 e. The molecule has 3 rings (SSSR count). The number of benzene rings is 1. The van der Waals surface area contributed by atoms with Gasteiger partial charge in [-0.1, -0.05) is 12.1 Å². The highest BCUT2D eigenvalue weighted by atomic mass is 16.6. The molecule has 5 nitrogen and oxygen atoms in total. The van der Waals surface area contributed by atoms with Crippen LogP contribution in [0, 0.1) is 5.21 Å². The molecule has 17 heavy (non-hydrogen) atoms. The number of para-hydroxylation sites is 2. The van der Waals surface area contributed by atoms with Gasteiger partial charge in [0.2, 0.25) is 0 Å². The van der Waals surface area contributed by atoms with Crippen molar-refractivity contribution in [3.63, 3.8) is 0 Å². The highest BCUT2D eigenvalue weighted by Gasteiger charge is 2.33. The highest BCUT2D eigenvalue weighted by Crippen LogP contribution is 2.34. The van der Waals surface area contributed by atoms with E-state index in [2.05, 4.69) is 10.6 Å². The summed E-state index contributed by atoms with van der Waals surface area (Å²) in [5, 5.41) is 21.3. The van der Waals surface area contributed by atoms with Crippen LogP contribution in [0.1, 0.15) is 6.42 Å². The zero-order chi connectivity index (χ0) is 11.7. The maximum absolute atomic E-state index is 12.8. The average molecular weight is 234 g/mol. The molecule has 92 valence electrons. The second kappa shape index (κ2) is 4.18. The van der Waals surface area contributed by atoms with Gasteiger partial charge in [-0.3, -0.25) is 0 Å². The van der Waals surface area contributed by atoms with Crippen molar-refractivity contribution in [2.45, 2.75) is 6.42 Å². The topological polar surface area (TPSA) is 50.4 Å². The molecule has 0 aliphatic carbocycles. The predicted octanol–water partition coefficient (Wildman–Crippen LogP) is 1.10. The van der Waals surface area contributed by atoms with Gasteiger partial charge in [0.25, 0.3) is 0 Å². The van der Waals surface area contributed by atoms with Gasteiger partial charge in [0, 0.05) is 6.54 Å². The first kappa shape index (κ1) is 10.8. The number of hydrogen-bond donors (Lipinski definition) is 2. The molecular formula is C12H18N4O. The Kier molecular flexibility index (Phi) is 2.66. The third-order valence-corrected chi connectivity index (χ3v) is 3.50. The van der Waals surface area contributed by atoms with E-state index in [0.29, 0.717) is 13.2 Å². The Labute approximate surface area is 101 Å². The molecular weight excluding hydrogens is 216 g/mol. The van der Waals surface area contributed by atoms with Gasteiger partial charge in [-0.15, -0.1) is 0 Å². The summed E-state index contributed by atoms with van der Waals surface area (Å²) in [7, 11) is 0. The molecule has 2 N–H and O–H groups in total. The Morgan fingerprint density at radius 3 is 3.06 bits per heavy atom. The molecule has 5 heteroatoms. The molecule has 1 saturated heterocycles. The third kappa shape index (κ3) is 1.86. The second-order valence-electron chi connectivity index (χ2n) is 4.65. The number of anilines is 2. The van der Waals surface area contributed by atoms with E-state index in [1.807, 2.05) is 29.3 Å². The van der Waals surface area contributed by atoms with Gasteiger partial charge in [0.1, 0.15) is 12.2 Å². The van der Waals surface area contributed by atoms with Crippen LogP contribution in [0.25, 0.3) is 0 Å². The zero-order valence-corrected chi connectivity index (χ0v) is 9.85. The van der Waals surface area contributed by atoms with Crippen LogP contribution < -0.4 is 15.6 Å². The first-order chi connectivity index (χ1) is 8.30. The predicted molar refractivity (Wildman–Crippen MR) is 68.3 cm³/mol. The normalized spacial score (nSPS) is 28.4. The monoisotopic (exact) mass is 234 g/mol. The molecule has 1 atom stereocenters. The van der Waals surface area contributed by atoms with Crippen molar-refractivity contribution < 1.29 is 4.76 Å². The van der Waals surface area contributed by atoms with E-state index >= 15 is 0 Å². The summed E-state index contributed by atoms with van der Waals surface area (Å²) in [5.74, 6) is 0. The number of hydrogen-bond acceptors (Lipinski definition) is 4. The first-order valence-corrected chi connectivity index (χ1v) is 6.19. The van der Waals surface area contributed by atoms with Crippen molar-refractivity contribution in [2.75, 3.05) is 43.2 Å². The molecule has 1 aromatic rings. The quantitative estimate of drug-likeness (QED) is 0.521. The Bertz CT molecular complexity index is 411. The van der Waals surface area contributed by atoms with Crippen LogP contribution in [0.3, 0.4) is 0 Å². The lowest BCUT2D eigenvalue weighted by Crippen LogP contribution is -2.64. The summed E-state index contributed by atoms with van der Waals surface area (Å²) in [6.45, 7) is 3.60. The summed E-state index contributed by atoms with van der Waals surface area (Å²) < 4.78 is -0.288. The standard InChI is InChI=1S/C12H18N4O/c17-16-9-7-13-6-3-8-15(16)12-5-2-1-4-11(12)14-10-16/h1-2,4-5,13-14H,3,6-10H2. The maximum atomic E-state index is 12.8. The van der Waals surface area contributed by atoms with Gasteiger partial charge in [0.05, 0.1) is 12.2 Å². The van der Waals surface area contributed by atoms with Crippen molar-refractivity contribution in [1.29, 1.82) is 0 Å². The number of fused-ring (bicyclic) bond motifs is 3. The maximum Gasteiger partial charge on any atom is 0.174 e. The molecule has 1 fully saturated rings. The number of hydroxylamine groups is 2. The summed E-state index contributed by atoms with van der Waals surface area (Å²) in [4.78, 5) is 0. The van der Waals surface area contributed by atoms with Crippen LogP contribution >= 0.6 is 0 Å². The van der Waals surface area contributed by atoms with Crippen LogP contribution in [0.15, 0.2) is 24.3 Å². The summed E-state index contributed by atoms with van der Waals surface area (Å²) in [6.07, 6.45) is 1.01. The van der Waals surface area contributed by atoms with Crippen LogP contribution in [0.5, 0.6) is 0 Å². The van der Waals surface area contributed by atoms with Gasteiger partial charge in [-0.05, 0) is 25.1 Å². The van der Waals surface area contributed by atoms with E-state index in [1.165, 1.54) is 0 Å². The Morgan fingerprint density at radius 2 is 2.12 bits per heavy atom. The lowest BCUT2D eigenvalue weighted by molar-refractivity contribution is -0.886. The molecule has 2 heterocycles. The third-order valence-electron chi connectivity index (χ3n) is 3.50. The largest absolute Gasteiger partial charge is 0.605 e. The van der Waals surface area contributed by atoms with Crippen LogP contribution in [-0.4, -0.2) is 37.6 Å². The Hall–Kier alpha value is -1.30. The van der Waals surface area contributed by atoms with Crippen LogP contribution in [0.2, 0.25) is 0 Å². The molecule has 0 saturated carbocycles. The minimum absolute atomic E-state index is 0.288. The number of rotatable bonds is 0. The van der Waals surface area contributed by atoms with Gasteiger partial charge >= 0.3 is 0 Å². The van der Waals surface area contributed by atoms with Crippen molar-refractivity contribution >= 4 is 11.4 Å². The Balaban J connectivity index is 1.97. The molecule has 0 radical (unpaired) electrons. The molecule has 0 spiro atoms. The van der Waals surface area contributed by atoms with E-state index in [4.69, 9.17) is 0 Å². The average Bonchev–Trinajstić information content (AvgIpc) is 2.33. The van der Waals surface area contributed by atoms with Crippen molar-refractivity contribution in [3.8, 4) is 0 Å². The molecule has 0 aromatic heterocycles. The van der Waals surface area contributed by atoms with Gasteiger partial charge < -0.3 is 15.8 Å². The molecule has 1 aromatic carbocycles. The number of nitrogens with zero attached hydrogens (tertiary/aromatic N) is 2. The van der Waals surface area contributed by atoms with Gasteiger partial charge in [0.15, 0.2) is 6.67 Å². The van der Waals surface area contributed by atoms with E-state index in [1.54, 1.807) is 0 Å². The highest BCUT2D eigenvalue weighted by molar-refractivity contribution is 5.69. The fraction of sp³-hybridized carbons (Fsp3) is 0.500. The molecule has 0 amide bonds. The molecule has 2 aliphatic rings. The van der Waals surface area contributed by atoms with Crippen molar-refractivity contribution in [1.82, 2.24) is 5.32 Å². The first-order valence-electron chi connectivity index (χ1n) is 6.19. The summed E-state index contributed by atoms with van der Waals surface area (Å²) >= 11 is 0. The van der Waals surface area contributed by atoms with E-state index in [-0.39, 0.29) is 4.76 Å². The van der Waals surface area contributed by atoms with E-state index < -0.39 is 0 Å². The smallest absolute Gasteiger partial charge is 0.174 e. The summed E-state index contributed by atoms with van der Waals surface area (Å²) in [5.41, 5.74) is 2.11.